The van der Waals surface area contributed by atoms with E-state index in [1.807, 2.05) is 0 Å². The largest absolute Gasteiger partial charge is 0.325 e. The molecule has 0 spiro atoms. The first-order valence-electron chi connectivity index (χ1n) is 9.36. The highest BCUT2D eigenvalue weighted by molar-refractivity contribution is 6.21. The second-order valence-electron chi connectivity index (χ2n) is 7.48. The van der Waals surface area contributed by atoms with E-state index >= 15 is 0 Å². The minimum Gasteiger partial charge on any atom is -0.325 e. The Morgan fingerprint density at radius 2 is 1.66 bits per heavy atom. The maximum absolute atomic E-state index is 13.3. The highest BCUT2D eigenvalue weighted by Crippen LogP contribution is 2.42. The molecule has 0 aromatic heterocycles. The van der Waals surface area contributed by atoms with E-state index in [1.54, 1.807) is 24.3 Å². The minimum absolute atomic E-state index is 0.0202. The van der Waals surface area contributed by atoms with Gasteiger partial charge in [-0.15, -0.1) is 0 Å². The second kappa shape index (κ2) is 6.80. The molecule has 1 saturated carbocycles. The van der Waals surface area contributed by atoms with Crippen molar-refractivity contribution >= 4 is 29.1 Å². The number of nitrogens with zero attached hydrogens (tertiary/aromatic N) is 2. The smallest absolute Gasteiger partial charge is 0.269 e. The minimum atomic E-state index is -0.773. The Hall–Kier alpha value is -3.55. The van der Waals surface area contributed by atoms with Crippen LogP contribution < -0.4 is 5.32 Å². The van der Waals surface area contributed by atoms with Gasteiger partial charge in [-0.1, -0.05) is 25.0 Å². The van der Waals surface area contributed by atoms with Crippen molar-refractivity contribution in [1.82, 2.24) is 4.90 Å². The number of carbonyl (C=O) groups excluding carboxylic acids is 3. The highest BCUT2D eigenvalue weighted by Gasteiger charge is 2.43. The van der Waals surface area contributed by atoms with Crippen LogP contribution >= 0.6 is 0 Å². The summed E-state index contributed by atoms with van der Waals surface area (Å²) < 4.78 is 0. The molecule has 1 N–H and O–H groups in total. The van der Waals surface area contributed by atoms with E-state index in [9.17, 15) is 24.5 Å². The van der Waals surface area contributed by atoms with Gasteiger partial charge in [-0.05, 0) is 36.6 Å². The summed E-state index contributed by atoms with van der Waals surface area (Å²) in [6.45, 7) is 0. The molecule has 2 aromatic rings. The van der Waals surface area contributed by atoms with Gasteiger partial charge in [0.15, 0.2) is 0 Å². The molecule has 1 fully saturated rings. The molecule has 148 valence electrons. The van der Waals surface area contributed by atoms with Crippen molar-refractivity contribution in [3.8, 4) is 0 Å². The number of nitrogens with one attached hydrogen (secondary N) is 1. The van der Waals surface area contributed by atoms with Crippen LogP contribution in [0.25, 0.3) is 0 Å². The van der Waals surface area contributed by atoms with E-state index in [1.165, 1.54) is 25.2 Å². The average Bonchev–Trinajstić information content (AvgIpc) is 3.30. The summed E-state index contributed by atoms with van der Waals surface area (Å²) in [7, 11) is 1.42. The number of anilines is 1. The normalized spacial score (nSPS) is 17.3. The summed E-state index contributed by atoms with van der Waals surface area (Å²) >= 11 is 0. The number of rotatable bonds is 4. The van der Waals surface area contributed by atoms with Crippen molar-refractivity contribution in [3.05, 3.63) is 69.3 Å². The molecule has 2 aliphatic rings. The average molecular weight is 393 g/mol. The van der Waals surface area contributed by atoms with Crippen LogP contribution in [0.5, 0.6) is 0 Å². The van der Waals surface area contributed by atoms with Crippen LogP contribution in [-0.2, 0) is 10.2 Å². The van der Waals surface area contributed by atoms with Crippen molar-refractivity contribution in [2.24, 2.45) is 0 Å². The fourth-order valence-corrected chi connectivity index (χ4v) is 4.22. The van der Waals surface area contributed by atoms with E-state index in [0.29, 0.717) is 24.1 Å². The highest BCUT2D eigenvalue weighted by atomic mass is 16.6. The van der Waals surface area contributed by atoms with Crippen LogP contribution in [0.2, 0.25) is 0 Å². The van der Waals surface area contributed by atoms with Gasteiger partial charge in [-0.25, -0.2) is 0 Å². The summed E-state index contributed by atoms with van der Waals surface area (Å²) in [5, 5.41) is 13.8. The first kappa shape index (κ1) is 18.8. The first-order valence-corrected chi connectivity index (χ1v) is 9.36. The van der Waals surface area contributed by atoms with Crippen molar-refractivity contribution in [3.63, 3.8) is 0 Å². The molecule has 29 heavy (non-hydrogen) atoms. The van der Waals surface area contributed by atoms with Crippen molar-refractivity contribution < 1.29 is 19.3 Å². The van der Waals surface area contributed by atoms with E-state index in [2.05, 4.69) is 5.32 Å². The molecule has 1 aliphatic heterocycles. The number of imide groups is 1. The number of amides is 3. The lowest BCUT2D eigenvalue weighted by molar-refractivity contribution is -0.384. The van der Waals surface area contributed by atoms with Crippen molar-refractivity contribution in [1.29, 1.82) is 0 Å². The van der Waals surface area contributed by atoms with E-state index in [-0.39, 0.29) is 23.1 Å². The predicted octanol–water partition coefficient (Wildman–Crippen LogP) is 3.27. The molecule has 0 saturated heterocycles. The van der Waals surface area contributed by atoms with Crippen molar-refractivity contribution in [2.75, 3.05) is 12.4 Å². The predicted molar refractivity (Wildman–Crippen MR) is 105 cm³/mol. The Morgan fingerprint density at radius 1 is 1.03 bits per heavy atom. The Labute approximate surface area is 166 Å². The number of nitro benzene ring substituents is 1. The fraction of sp³-hybridized carbons (Fsp3) is 0.286. The number of non-ortho nitro benzene ring substituents is 1. The summed E-state index contributed by atoms with van der Waals surface area (Å²) in [6, 6.07) is 10.8. The lowest BCUT2D eigenvalue weighted by Crippen LogP contribution is -2.38. The summed E-state index contributed by atoms with van der Waals surface area (Å²) in [5.41, 5.74) is 0.981. The number of benzene rings is 2. The molecule has 3 amide bonds. The van der Waals surface area contributed by atoms with E-state index in [4.69, 9.17) is 0 Å². The second-order valence-corrected chi connectivity index (χ2v) is 7.48. The summed E-state index contributed by atoms with van der Waals surface area (Å²) in [4.78, 5) is 49.0. The lowest BCUT2D eigenvalue weighted by atomic mass is 9.78. The zero-order valence-corrected chi connectivity index (χ0v) is 15.8. The Kier molecular flexibility index (Phi) is 4.41. The van der Waals surface area contributed by atoms with Gasteiger partial charge in [0.1, 0.15) is 0 Å². The Balaban J connectivity index is 1.63. The van der Waals surface area contributed by atoms with Crippen molar-refractivity contribution in [2.45, 2.75) is 31.1 Å². The first-order chi connectivity index (χ1) is 13.8. The Bertz CT molecular complexity index is 1040. The molecule has 1 heterocycles. The summed E-state index contributed by atoms with van der Waals surface area (Å²) in [5.74, 6) is -0.970. The maximum Gasteiger partial charge on any atom is 0.269 e. The SMILES string of the molecule is CN1C(=O)c2ccc(NC(=O)C3(c4ccc([N+](=O)[O-])cc4)CCCC3)cc2C1=O. The van der Waals surface area contributed by atoms with Gasteiger partial charge >= 0.3 is 0 Å². The maximum atomic E-state index is 13.3. The van der Waals surface area contributed by atoms with Crippen LogP contribution in [-0.4, -0.2) is 34.6 Å². The molecule has 2 aromatic carbocycles. The molecule has 4 rings (SSSR count). The molecule has 8 nitrogen and oxygen atoms in total. The van der Waals surface area contributed by atoms with Gasteiger partial charge in [0.25, 0.3) is 17.5 Å². The van der Waals surface area contributed by atoms with Crippen LogP contribution in [0.4, 0.5) is 11.4 Å². The van der Waals surface area contributed by atoms with Crippen LogP contribution in [0.3, 0.4) is 0 Å². The third kappa shape index (κ3) is 2.97. The van der Waals surface area contributed by atoms with Gasteiger partial charge in [-0.3, -0.25) is 29.4 Å². The lowest BCUT2D eigenvalue weighted by Gasteiger charge is -2.28. The molecule has 0 radical (unpaired) electrons. The number of carbonyl (C=O) groups is 3. The third-order valence-corrected chi connectivity index (χ3v) is 5.87. The van der Waals surface area contributed by atoms with Gasteiger partial charge in [0.05, 0.1) is 21.5 Å². The molecular formula is C21H19N3O5. The van der Waals surface area contributed by atoms with Gasteiger partial charge in [0, 0.05) is 24.9 Å². The molecule has 8 heteroatoms. The monoisotopic (exact) mass is 393 g/mol. The quantitative estimate of drug-likeness (QED) is 0.487. The van der Waals surface area contributed by atoms with E-state index < -0.39 is 16.2 Å². The molecule has 0 unspecified atom stereocenters. The van der Waals surface area contributed by atoms with Crippen LogP contribution in [0.15, 0.2) is 42.5 Å². The molecular weight excluding hydrogens is 374 g/mol. The zero-order valence-electron chi connectivity index (χ0n) is 15.8. The number of fused-ring (bicyclic) bond motifs is 1. The summed E-state index contributed by atoms with van der Waals surface area (Å²) in [6.07, 6.45) is 3.04. The number of hydrogen-bond acceptors (Lipinski definition) is 5. The van der Waals surface area contributed by atoms with Crippen LogP contribution in [0.1, 0.15) is 52.0 Å². The Morgan fingerprint density at radius 3 is 2.28 bits per heavy atom. The molecule has 0 bridgehead atoms. The van der Waals surface area contributed by atoms with Crippen LogP contribution in [0, 0.1) is 10.1 Å². The van der Waals surface area contributed by atoms with Gasteiger partial charge in [-0.2, -0.15) is 0 Å². The van der Waals surface area contributed by atoms with E-state index in [0.717, 1.165) is 23.3 Å². The third-order valence-electron chi connectivity index (χ3n) is 5.87. The molecule has 0 atom stereocenters. The fourth-order valence-electron chi connectivity index (χ4n) is 4.22. The van der Waals surface area contributed by atoms with Gasteiger partial charge < -0.3 is 5.32 Å². The van der Waals surface area contributed by atoms with Gasteiger partial charge in [0.2, 0.25) is 5.91 Å². The molecule has 1 aliphatic carbocycles. The number of hydrogen-bond donors (Lipinski definition) is 1. The standard InChI is InChI=1S/C21H19N3O5/c1-23-18(25)16-9-6-14(12-17(16)19(23)26)22-20(27)21(10-2-3-11-21)13-4-7-15(8-5-13)24(28)29/h4-9,12H,2-3,10-11H2,1H3,(H,22,27). The zero-order chi connectivity index (χ0) is 20.8. The topological polar surface area (TPSA) is 110 Å². The number of nitro groups is 1.